The van der Waals surface area contributed by atoms with Crippen molar-refractivity contribution in [2.24, 2.45) is 0 Å². The van der Waals surface area contributed by atoms with Gasteiger partial charge in [0.25, 0.3) is 0 Å². The van der Waals surface area contributed by atoms with Gasteiger partial charge in [0, 0.05) is 0 Å². The molecule has 84 valence electrons. The second-order valence-corrected chi connectivity index (χ2v) is 3.82. The van der Waals surface area contributed by atoms with Gasteiger partial charge in [-0.05, 0) is 44.9 Å². The zero-order valence-corrected chi connectivity index (χ0v) is 9.75. The lowest BCUT2D eigenvalue weighted by molar-refractivity contribution is 0.387. The number of hydrogen-bond acceptors (Lipinski definition) is 2. The van der Waals surface area contributed by atoms with E-state index < -0.39 is 0 Å². The first-order valence-corrected chi connectivity index (χ1v) is 5.68. The van der Waals surface area contributed by atoms with Crippen molar-refractivity contribution < 1.29 is 4.42 Å². The summed E-state index contributed by atoms with van der Waals surface area (Å²) in [7, 11) is 0. The second kappa shape index (κ2) is 6.46. The van der Waals surface area contributed by atoms with E-state index in [1.54, 1.807) is 0 Å². The Morgan fingerprint density at radius 1 is 1.53 bits per heavy atom. The fraction of sp³-hybridized carbons (Fsp3) is 0.538. The lowest BCUT2D eigenvalue weighted by Gasteiger charge is -2.15. The molecular weight excluding hydrogens is 186 g/mol. The standard InChI is InChI=1S/C13H21NO/c1-4-6-7-12(14-10-5-2)13-9-8-11(3)15-13/h4,8-9,12,14H,1,5-7,10H2,2-3H3. The average molecular weight is 207 g/mol. The maximum absolute atomic E-state index is 5.64. The van der Waals surface area contributed by atoms with E-state index in [1.165, 1.54) is 0 Å². The summed E-state index contributed by atoms with van der Waals surface area (Å²) in [5, 5.41) is 3.49. The van der Waals surface area contributed by atoms with E-state index in [4.69, 9.17) is 4.42 Å². The Bertz CT molecular complexity index is 290. The molecule has 1 rings (SSSR count). The maximum atomic E-state index is 5.64. The van der Waals surface area contributed by atoms with Crippen LogP contribution in [0.3, 0.4) is 0 Å². The smallest absolute Gasteiger partial charge is 0.121 e. The second-order valence-electron chi connectivity index (χ2n) is 3.82. The monoisotopic (exact) mass is 207 g/mol. The number of nitrogens with one attached hydrogen (secondary N) is 1. The predicted octanol–water partition coefficient (Wildman–Crippen LogP) is 3.59. The van der Waals surface area contributed by atoms with Crippen LogP contribution < -0.4 is 5.32 Å². The number of furan rings is 1. The van der Waals surface area contributed by atoms with E-state index in [9.17, 15) is 0 Å². The summed E-state index contributed by atoms with van der Waals surface area (Å²) in [4.78, 5) is 0. The van der Waals surface area contributed by atoms with Crippen molar-refractivity contribution in [2.45, 2.75) is 39.2 Å². The molecular formula is C13H21NO. The first-order chi connectivity index (χ1) is 7.27. The Morgan fingerprint density at radius 3 is 2.87 bits per heavy atom. The zero-order chi connectivity index (χ0) is 11.1. The number of rotatable bonds is 7. The van der Waals surface area contributed by atoms with E-state index >= 15 is 0 Å². The fourth-order valence-electron chi connectivity index (χ4n) is 1.59. The van der Waals surface area contributed by atoms with E-state index in [0.717, 1.165) is 37.3 Å². The molecule has 0 bridgehead atoms. The summed E-state index contributed by atoms with van der Waals surface area (Å²) in [5.41, 5.74) is 0. The van der Waals surface area contributed by atoms with Crippen LogP contribution in [0, 0.1) is 6.92 Å². The Labute approximate surface area is 92.4 Å². The third-order valence-electron chi connectivity index (χ3n) is 2.40. The Hall–Kier alpha value is -1.02. The van der Waals surface area contributed by atoms with Crippen molar-refractivity contribution >= 4 is 0 Å². The molecule has 1 atom stereocenters. The highest BCUT2D eigenvalue weighted by Crippen LogP contribution is 2.20. The van der Waals surface area contributed by atoms with Crippen LogP contribution >= 0.6 is 0 Å². The van der Waals surface area contributed by atoms with Crippen LogP contribution in [0.4, 0.5) is 0 Å². The molecule has 2 heteroatoms. The van der Waals surface area contributed by atoms with Crippen LogP contribution in [-0.4, -0.2) is 6.54 Å². The summed E-state index contributed by atoms with van der Waals surface area (Å²) in [6.07, 6.45) is 5.16. The average Bonchev–Trinajstić information content (AvgIpc) is 2.65. The van der Waals surface area contributed by atoms with Crippen molar-refractivity contribution in [2.75, 3.05) is 6.54 Å². The number of aryl methyl sites for hydroxylation is 1. The van der Waals surface area contributed by atoms with Crippen LogP contribution in [0.1, 0.15) is 43.7 Å². The molecule has 0 spiro atoms. The Kier molecular flexibility index (Phi) is 5.19. The largest absolute Gasteiger partial charge is 0.465 e. The number of hydrogen-bond donors (Lipinski definition) is 1. The molecule has 1 aromatic heterocycles. The van der Waals surface area contributed by atoms with Gasteiger partial charge in [-0.3, -0.25) is 0 Å². The molecule has 0 aliphatic carbocycles. The van der Waals surface area contributed by atoms with Crippen molar-refractivity contribution in [3.8, 4) is 0 Å². The summed E-state index contributed by atoms with van der Waals surface area (Å²) in [6, 6.07) is 4.41. The molecule has 0 amide bonds. The summed E-state index contributed by atoms with van der Waals surface area (Å²) in [6.45, 7) is 8.93. The normalized spacial score (nSPS) is 12.7. The highest BCUT2D eigenvalue weighted by Gasteiger charge is 2.12. The first kappa shape index (κ1) is 12.1. The Morgan fingerprint density at radius 2 is 2.33 bits per heavy atom. The molecule has 1 N–H and O–H groups in total. The van der Waals surface area contributed by atoms with Gasteiger partial charge < -0.3 is 9.73 Å². The van der Waals surface area contributed by atoms with Crippen LogP contribution in [0.5, 0.6) is 0 Å². The van der Waals surface area contributed by atoms with Gasteiger partial charge in [0.1, 0.15) is 11.5 Å². The Balaban J connectivity index is 2.58. The minimum absolute atomic E-state index is 0.330. The topological polar surface area (TPSA) is 25.2 Å². The highest BCUT2D eigenvalue weighted by atomic mass is 16.3. The minimum Gasteiger partial charge on any atom is -0.465 e. The molecule has 0 aromatic carbocycles. The first-order valence-electron chi connectivity index (χ1n) is 5.68. The third kappa shape index (κ3) is 3.92. The molecule has 0 aliphatic rings. The van der Waals surface area contributed by atoms with Crippen LogP contribution in [-0.2, 0) is 0 Å². The lowest BCUT2D eigenvalue weighted by atomic mass is 10.1. The molecule has 0 saturated carbocycles. The summed E-state index contributed by atoms with van der Waals surface area (Å²) < 4.78 is 5.64. The third-order valence-corrected chi connectivity index (χ3v) is 2.40. The zero-order valence-electron chi connectivity index (χ0n) is 9.75. The summed E-state index contributed by atoms with van der Waals surface area (Å²) >= 11 is 0. The van der Waals surface area contributed by atoms with Crippen molar-refractivity contribution in [1.82, 2.24) is 5.32 Å². The molecule has 2 nitrogen and oxygen atoms in total. The molecule has 1 unspecified atom stereocenters. The van der Waals surface area contributed by atoms with Gasteiger partial charge in [-0.25, -0.2) is 0 Å². The fourth-order valence-corrected chi connectivity index (χ4v) is 1.59. The molecule has 0 saturated heterocycles. The lowest BCUT2D eigenvalue weighted by Crippen LogP contribution is -2.21. The predicted molar refractivity (Wildman–Crippen MR) is 63.9 cm³/mol. The molecule has 0 radical (unpaired) electrons. The van der Waals surface area contributed by atoms with Crippen LogP contribution in [0.15, 0.2) is 29.2 Å². The van der Waals surface area contributed by atoms with Crippen molar-refractivity contribution in [3.05, 3.63) is 36.3 Å². The van der Waals surface area contributed by atoms with Gasteiger partial charge in [0.05, 0.1) is 6.04 Å². The minimum atomic E-state index is 0.330. The number of allylic oxidation sites excluding steroid dienone is 1. The van der Waals surface area contributed by atoms with Gasteiger partial charge in [-0.1, -0.05) is 13.0 Å². The van der Waals surface area contributed by atoms with E-state index in [1.807, 2.05) is 19.1 Å². The quantitative estimate of drug-likeness (QED) is 0.691. The van der Waals surface area contributed by atoms with Gasteiger partial charge in [0.2, 0.25) is 0 Å². The van der Waals surface area contributed by atoms with Crippen LogP contribution in [0.25, 0.3) is 0 Å². The van der Waals surface area contributed by atoms with Gasteiger partial charge in [-0.2, -0.15) is 0 Å². The molecule has 1 heterocycles. The van der Waals surface area contributed by atoms with Crippen molar-refractivity contribution in [1.29, 1.82) is 0 Å². The van der Waals surface area contributed by atoms with Crippen LogP contribution in [0.2, 0.25) is 0 Å². The van der Waals surface area contributed by atoms with E-state index in [-0.39, 0.29) is 0 Å². The van der Waals surface area contributed by atoms with E-state index in [2.05, 4.69) is 24.9 Å². The maximum Gasteiger partial charge on any atom is 0.121 e. The molecule has 15 heavy (non-hydrogen) atoms. The summed E-state index contributed by atoms with van der Waals surface area (Å²) in [5.74, 6) is 2.02. The molecule has 0 aliphatic heterocycles. The van der Waals surface area contributed by atoms with Gasteiger partial charge in [0.15, 0.2) is 0 Å². The van der Waals surface area contributed by atoms with Gasteiger partial charge in [-0.15, -0.1) is 6.58 Å². The van der Waals surface area contributed by atoms with Crippen molar-refractivity contribution in [3.63, 3.8) is 0 Å². The molecule has 0 fully saturated rings. The highest BCUT2D eigenvalue weighted by molar-refractivity contribution is 5.09. The van der Waals surface area contributed by atoms with E-state index in [0.29, 0.717) is 6.04 Å². The van der Waals surface area contributed by atoms with Gasteiger partial charge >= 0.3 is 0 Å². The SMILES string of the molecule is C=CCCC(NCCC)c1ccc(C)o1. The molecule has 1 aromatic rings.